The van der Waals surface area contributed by atoms with Gasteiger partial charge in [-0.15, -0.1) is 23.5 Å². The predicted octanol–water partition coefficient (Wildman–Crippen LogP) is 3.45. The van der Waals surface area contributed by atoms with Crippen LogP contribution in [0.5, 0.6) is 0 Å². The molecule has 0 radical (unpaired) electrons. The van der Waals surface area contributed by atoms with E-state index in [-0.39, 0.29) is 10.4 Å². The highest BCUT2D eigenvalue weighted by Gasteiger charge is 2.37. The molecule has 0 N–H and O–H groups in total. The summed E-state index contributed by atoms with van der Waals surface area (Å²) in [4.78, 5) is 0. The van der Waals surface area contributed by atoms with Gasteiger partial charge in [0.1, 0.15) is 0 Å². The van der Waals surface area contributed by atoms with Gasteiger partial charge in [-0.25, -0.2) is 0 Å². The van der Waals surface area contributed by atoms with E-state index in [1.165, 1.54) is 17.9 Å². The summed E-state index contributed by atoms with van der Waals surface area (Å²) in [5.74, 6) is 2.50. The van der Waals surface area contributed by atoms with Gasteiger partial charge in [0.15, 0.2) is 6.29 Å². The summed E-state index contributed by atoms with van der Waals surface area (Å²) in [5.41, 5.74) is 0. The van der Waals surface area contributed by atoms with Crippen LogP contribution in [-0.4, -0.2) is 35.1 Å². The summed E-state index contributed by atoms with van der Waals surface area (Å²) < 4.78 is 11.4. The molecule has 0 spiro atoms. The van der Waals surface area contributed by atoms with Crippen LogP contribution in [-0.2, 0) is 9.47 Å². The Kier molecular flexibility index (Phi) is 5.48. The molecular formula is C13H20O2S2. The van der Waals surface area contributed by atoms with Crippen molar-refractivity contribution in [2.24, 2.45) is 0 Å². The summed E-state index contributed by atoms with van der Waals surface area (Å²) in [6, 6.07) is 0. The Morgan fingerprint density at radius 2 is 1.94 bits per heavy atom. The minimum atomic E-state index is 0.00484. The third-order valence-electron chi connectivity index (χ3n) is 2.89. The van der Waals surface area contributed by atoms with Gasteiger partial charge in [-0.05, 0) is 24.3 Å². The zero-order valence-corrected chi connectivity index (χ0v) is 11.7. The van der Waals surface area contributed by atoms with E-state index in [4.69, 9.17) is 9.47 Å². The minimum Gasteiger partial charge on any atom is -0.350 e. The molecule has 0 aromatic heterocycles. The first-order chi connectivity index (χ1) is 8.35. The Hall–Kier alpha value is 0.1000. The Morgan fingerprint density at radius 1 is 1.24 bits per heavy atom. The molecule has 17 heavy (non-hydrogen) atoms. The maximum Gasteiger partial charge on any atom is 0.159 e. The van der Waals surface area contributed by atoms with Crippen molar-refractivity contribution in [3.8, 4) is 0 Å². The molecule has 2 heterocycles. The Morgan fingerprint density at radius 3 is 2.59 bits per heavy atom. The third-order valence-corrected chi connectivity index (χ3v) is 6.30. The SMILES string of the molecule is C=C/C=C/CC1(CC2OCCO2)SCCCS1. The van der Waals surface area contributed by atoms with Gasteiger partial charge in [-0.1, -0.05) is 24.8 Å². The smallest absolute Gasteiger partial charge is 0.159 e. The van der Waals surface area contributed by atoms with Gasteiger partial charge in [0.25, 0.3) is 0 Å². The van der Waals surface area contributed by atoms with Crippen LogP contribution in [0.2, 0.25) is 0 Å². The average molecular weight is 272 g/mol. The summed E-state index contributed by atoms with van der Waals surface area (Å²) in [6.45, 7) is 5.22. The Balaban J connectivity index is 1.94. The molecule has 96 valence electrons. The zero-order valence-electron chi connectivity index (χ0n) is 10.1. The van der Waals surface area contributed by atoms with Gasteiger partial charge >= 0.3 is 0 Å². The molecule has 2 aliphatic rings. The lowest BCUT2D eigenvalue weighted by molar-refractivity contribution is -0.0481. The van der Waals surface area contributed by atoms with Gasteiger partial charge in [0, 0.05) is 6.42 Å². The molecular weight excluding hydrogens is 252 g/mol. The third kappa shape index (κ3) is 4.05. The minimum absolute atomic E-state index is 0.00484. The highest BCUT2D eigenvalue weighted by atomic mass is 32.2. The van der Waals surface area contributed by atoms with Crippen molar-refractivity contribution in [3.05, 3.63) is 24.8 Å². The van der Waals surface area contributed by atoms with Crippen LogP contribution in [0.1, 0.15) is 19.3 Å². The van der Waals surface area contributed by atoms with Crippen LogP contribution in [0.4, 0.5) is 0 Å². The molecule has 2 aliphatic heterocycles. The number of thioether (sulfide) groups is 2. The van der Waals surface area contributed by atoms with E-state index in [1.54, 1.807) is 0 Å². The standard InChI is InChI=1S/C13H20O2S2/c1-2-3-4-6-13(16-9-5-10-17-13)11-12-14-7-8-15-12/h2-4,12H,1,5-11H2/b4-3+. The highest BCUT2D eigenvalue weighted by molar-refractivity contribution is 8.18. The number of allylic oxidation sites excluding steroid dienone is 3. The number of rotatable bonds is 5. The molecule has 2 rings (SSSR count). The quantitative estimate of drug-likeness (QED) is 0.713. The van der Waals surface area contributed by atoms with Crippen LogP contribution < -0.4 is 0 Å². The van der Waals surface area contributed by atoms with Crippen molar-refractivity contribution in [2.75, 3.05) is 24.7 Å². The fourth-order valence-electron chi connectivity index (χ4n) is 2.06. The van der Waals surface area contributed by atoms with E-state index >= 15 is 0 Å². The average Bonchev–Trinajstić information content (AvgIpc) is 2.83. The van der Waals surface area contributed by atoms with Crippen LogP contribution in [0.3, 0.4) is 0 Å². The van der Waals surface area contributed by atoms with Crippen molar-refractivity contribution in [1.82, 2.24) is 0 Å². The second-order valence-electron chi connectivity index (χ2n) is 4.20. The maximum absolute atomic E-state index is 5.59. The van der Waals surface area contributed by atoms with E-state index in [0.29, 0.717) is 0 Å². The van der Waals surface area contributed by atoms with Crippen molar-refractivity contribution in [3.63, 3.8) is 0 Å². The molecule has 0 aliphatic carbocycles. The van der Waals surface area contributed by atoms with E-state index in [0.717, 1.165) is 26.1 Å². The van der Waals surface area contributed by atoms with E-state index in [1.807, 2.05) is 12.2 Å². The summed E-state index contributed by atoms with van der Waals surface area (Å²) in [5, 5.41) is 0. The van der Waals surface area contributed by atoms with Crippen molar-refractivity contribution >= 4 is 23.5 Å². The molecule has 2 saturated heterocycles. The number of hydrogen-bond acceptors (Lipinski definition) is 4. The van der Waals surface area contributed by atoms with Gasteiger partial charge in [0.2, 0.25) is 0 Å². The van der Waals surface area contributed by atoms with Crippen LogP contribution in [0, 0.1) is 0 Å². The number of hydrogen-bond donors (Lipinski definition) is 0. The largest absolute Gasteiger partial charge is 0.350 e. The van der Waals surface area contributed by atoms with Crippen molar-refractivity contribution in [1.29, 1.82) is 0 Å². The molecule has 0 atom stereocenters. The topological polar surface area (TPSA) is 18.5 Å². The normalized spacial score (nSPS) is 25.4. The lowest BCUT2D eigenvalue weighted by Gasteiger charge is -2.36. The van der Waals surface area contributed by atoms with Crippen LogP contribution in [0.25, 0.3) is 0 Å². The predicted molar refractivity (Wildman–Crippen MR) is 76.5 cm³/mol. The molecule has 0 saturated carbocycles. The monoisotopic (exact) mass is 272 g/mol. The molecule has 4 heteroatoms. The summed E-state index contributed by atoms with van der Waals surface area (Å²) in [6.07, 6.45) is 9.47. The fourth-order valence-corrected chi connectivity index (χ4v) is 5.33. The van der Waals surface area contributed by atoms with Crippen LogP contribution in [0.15, 0.2) is 24.8 Å². The molecule has 2 nitrogen and oxygen atoms in total. The molecule has 0 bridgehead atoms. The van der Waals surface area contributed by atoms with Gasteiger partial charge in [0.05, 0.1) is 17.3 Å². The van der Waals surface area contributed by atoms with E-state index in [2.05, 4.69) is 36.2 Å². The van der Waals surface area contributed by atoms with Gasteiger partial charge in [-0.3, -0.25) is 0 Å². The lowest BCUT2D eigenvalue weighted by Crippen LogP contribution is -2.30. The maximum atomic E-state index is 5.59. The Labute approximate surface area is 112 Å². The molecule has 0 aromatic rings. The van der Waals surface area contributed by atoms with E-state index in [9.17, 15) is 0 Å². The van der Waals surface area contributed by atoms with Gasteiger partial charge < -0.3 is 9.47 Å². The molecule has 0 amide bonds. The number of ether oxygens (including phenoxy) is 2. The van der Waals surface area contributed by atoms with Crippen molar-refractivity contribution < 1.29 is 9.47 Å². The summed E-state index contributed by atoms with van der Waals surface area (Å²) in [7, 11) is 0. The second-order valence-corrected chi connectivity index (χ2v) is 7.42. The molecule has 0 aromatic carbocycles. The van der Waals surface area contributed by atoms with Crippen LogP contribution >= 0.6 is 23.5 Å². The summed E-state index contributed by atoms with van der Waals surface area (Å²) >= 11 is 4.13. The Bertz CT molecular complexity index is 267. The lowest BCUT2D eigenvalue weighted by atomic mass is 10.2. The van der Waals surface area contributed by atoms with E-state index < -0.39 is 0 Å². The second kappa shape index (κ2) is 6.88. The first-order valence-corrected chi connectivity index (χ1v) is 8.10. The van der Waals surface area contributed by atoms with Crippen molar-refractivity contribution in [2.45, 2.75) is 29.6 Å². The molecule has 2 fully saturated rings. The zero-order chi connectivity index (χ0) is 12.0. The first kappa shape index (κ1) is 13.5. The first-order valence-electron chi connectivity index (χ1n) is 6.13. The fraction of sp³-hybridized carbons (Fsp3) is 0.692. The van der Waals surface area contributed by atoms with Gasteiger partial charge in [-0.2, -0.15) is 0 Å². The molecule has 0 unspecified atom stereocenters. The highest BCUT2D eigenvalue weighted by Crippen LogP contribution is 2.48.